The molecule has 4 atom stereocenters. The quantitative estimate of drug-likeness (QED) is 0.101. The smallest absolute Gasteiger partial charge is 0.243 e. The topological polar surface area (TPSA) is 130 Å². The van der Waals surface area contributed by atoms with Crippen LogP contribution >= 0.6 is 0 Å². The minimum atomic E-state index is -0.550. The number of hydrogen-bond acceptors (Lipinski definition) is 8. The lowest BCUT2D eigenvalue weighted by Gasteiger charge is -2.39. The second-order valence-corrected chi connectivity index (χ2v) is 12.4. The van der Waals surface area contributed by atoms with E-state index in [0.29, 0.717) is 31.8 Å². The van der Waals surface area contributed by atoms with E-state index in [9.17, 15) is 14.7 Å². The predicted octanol–water partition coefficient (Wildman–Crippen LogP) is 5.18. The fourth-order valence-corrected chi connectivity index (χ4v) is 6.45. The van der Waals surface area contributed by atoms with Crippen molar-refractivity contribution in [1.29, 1.82) is 0 Å². The number of likely N-dealkylation sites (tertiary alicyclic amines) is 1. The van der Waals surface area contributed by atoms with Crippen molar-refractivity contribution >= 4 is 11.8 Å². The van der Waals surface area contributed by atoms with Crippen molar-refractivity contribution in [1.82, 2.24) is 15.7 Å². The fourth-order valence-electron chi connectivity index (χ4n) is 6.45. The van der Waals surface area contributed by atoms with Gasteiger partial charge < -0.3 is 24.6 Å². The molecule has 2 aliphatic rings. The number of carbonyl (C=O) groups excluding carboxylic acids is 2. The normalized spacial score (nSPS) is 21.4. The summed E-state index contributed by atoms with van der Waals surface area (Å²) in [5, 5.41) is 21.1. The number of nitrogens with zero attached hydrogens (tertiary/aromatic N) is 1. The fraction of sp³-hybridized carbons (Fsp3) is 0.459. The molecular weight excluding hydrogens is 598 g/mol. The third kappa shape index (κ3) is 9.93. The van der Waals surface area contributed by atoms with Gasteiger partial charge in [-0.2, -0.15) is 0 Å². The van der Waals surface area contributed by atoms with Crippen molar-refractivity contribution in [3.63, 3.8) is 0 Å². The average Bonchev–Trinajstić information content (AvgIpc) is 3.55. The van der Waals surface area contributed by atoms with Crippen LogP contribution in [0.15, 0.2) is 72.8 Å². The lowest BCUT2D eigenvalue weighted by molar-refractivity contribution is -0.253. The zero-order valence-corrected chi connectivity index (χ0v) is 27.1. The van der Waals surface area contributed by atoms with E-state index in [-0.39, 0.29) is 31.1 Å². The monoisotopic (exact) mass is 645 g/mol. The van der Waals surface area contributed by atoms with Gasteiger partial charge in [0.2, 0.25) is 11.8 Å². The minimum absolute atomic E-state index is 0.00374. The molecule has 252 valence electrons. The molecule has 2 heterocycles. The van der Waals surface area contributed by atoms with Gasteiger partial charge in [-0.05, 0) is 72.2 Å². The van der Waals surface area contributed by atoms with E-state index < -0.39 is 12.2 Å². The second-order valence-electron chi connectivity index (χ2n) is 12.4. The van der Waals surface area contributed by atoms with Crippen LogP contribution in [0, 0.1) is 0 Å². The van der Waals surface area contributed by atoms with Crippen molar-refractivity contribution in [2.24, 2.45) is 0 Å². The van der Waals surface area contributed by atoms with E-state index in [1.54, 1.807) is 12.6 Å². The summed E-state index contributed by atoms with van der Waals surface area (Å²) in [5.74, 6) is -0.523. The molecule has 2 amide bonds. The van der Waals surface area contributed by atoms with E-state index in [2.05, 4.69) is 34.5 Å². The van der Waals surface area contributed by atoms with E-state index in [1.807, 2.05) is 48.5 Å². The molecule has 4 N–H and O–H groups in total. The van der Waals surface area contributed by atoms with E-state index in [0.717, 1.165) is 72.3 Å². The summed E-state index contributed by atoms with van der Waals surface area (Å²) in [5.41, 5.74) is 7.51. The molecule has 10 nitrogen and oxygen atoms in total. The maximum atomic E-state index is 12.3. The maximum absolute atomic E-state index is 12.3. The van der Waals surface area contributed by atoms with Gasteiger partial charge in [0.15, 0.2) is 6.29 Å². The highest BCUT2D eigenvalue weighted by molar-refractivity contribution is 5.76. The summed E-state index contributed by atoms with van der Waals surface area (Å²) in [6.07, 6.45) is 3.89. The molecule has 3 aromatic carbocycles. The summed E-state index contributed by atoms with van der Waals surface area (Å²) in [6, 6.07) is 24.7. The molecule has 0 aliphatic carbocycles. The Bertz CT molecular complexity index is 1450. The van der Waals surface area contributed by atoms with Crippen molar-refractivity contribution in [3.8, 4) is 11.1 Å². The lowest BCUT2D eigenvalue weighted by atomic mass is 9.98. The predicted molar refractivity (Wildman–Crippen MR) is 177 cm³/mol. The standard InChI is InChI=1S/C37H47N3O7/c1-45-25-32-11-6-18-40(32)23-33-21-34(28-16-14-26(24-41)15-17-28)47-37(46-33)31-10-5-9-30(20-31)29-8-4-7-27(19-29)22-38-35(42)12-2-3-13-36(43)39-44/h4-5,7-10,14-17,19-20,32-34,37,41,44H,2-3,6,11-13,18,21-25H2,1H3,(H,38,42)(H,39,43). The van der Waals surface area contributed by atoms with Crippen LogP contribution in [0.4, 0.5) is 0 Å². The molecule has 0 spiro atoms. The Balaban J connectivity index is 1.27. The number of hydrogen-bond donors (Lipinski definition) is 4. The summed E-state index contributed by atoms with van der Waals surface area (Å²) in [4.78, 5) is 26.0. The number of aliphatic hydroxyl groups is 1. The highest BCUT2D eigenvalue weighted by atomic mass is 16.7. The molecule has 2 fully saturated rings. The Labute approximate surface area is 277 Å². The van der Waals surface area contributed by atoms with Gasteiger partial charge >= 0.3 is 0 Å². The Kier molecular flexibility index (Phi) is 12.9. The van der Waals surface area contributed by atoms with Crippen LogP contribution in [0.25, 0.3) is 11.1 Å². The van der Waals surface area contributed by atoms with Crippen molar-refractivity contribution < 1.29 is 34.1 Å². The molecule has 2 saturated heterocycles. The molecule has 2 aliphatic heterocycles. The van der Waals surface area contributed by atoms with E-state index in [4.69, 9.17) is 19.4 Å². The summed E-state index contributed by atoms with van der Waals surface area (Å²) < 4.78 is 18.8. The average molecular weight is 646 g/mol. The zero-order chi connectivity index (χ0) is 33.0. The second kappa shape index (κ2) is 17.5. The molecule has 10 heteroatoms. The maximum Gasteiger partial charge on any atom is 0.243 e. The first-order valence-electron chi connectivity index (χ1n) is 16.6. The Morgan fingerprint density at radius 2 is 1.66 bits per heavy atom. The third-order valence-electron chi connectivity index (χ3n) is 9.00. The van der Waals surface area contributed by atoms with Gasteiger partial charge in [0.1, 0.15) is 0 Å². The van der Waals surface area contributed by atoms with Gasteiger partial charge in [0.05, 0.1) is 25.4 Å². The first-order chi connectivity index (χ1) is 22.9. The van der Waals surface area contributed by atoms with Gasteiger partial charge in [0.25, 0.3) is 0 Å². The first kappa shape index (κ1) is 34.7. The number of rotatable bonds is 15. The summed E-state index contributed by atoms with van der Waals surface area (Å²) in [6.45, 7) is 2.96. The van der Waals surface area contributed by atoms with Crippen molar-refractivity contribution in [3.05, 3.63) is 95.1 Å². The van der Waals surface area contributed by atoms with Gasteiger partial charge in [0, 0.05) is 51.1 Å². The lowest BCUT2D eigenvalue weighted by Crippen LogP contribution is -2.42. The molecule has 0 saturated carbocycles. The van der Waals surface area contributed by atoms with Crippen LogP contribution in [-0.2, 0) is 37.0 Å². The van der Waals surface area contributed by atoms with E-state index in [1.165, 1.54) is 0 Å². The van der Waals surface area contributed by atoms with Gasteiger partial charge in [-0.15, -0.1) is 0 Å². The Hall–Kier alpha value is -3.64. The zero-order valence-electron chi connectivity index (χ0n) is 27.1. The van der Waals surface area contributed by atoms with Crippen LogP contribution in [0.3, 0.4) is 0 Å². The van der Waals surface area contributed by atoms with Gasteiger partial charge in [-0.25, -0.2) is 5.48 Å². The Morgan fingerprint density at radius 1 is 0.915 bits per heavy atom. The third-order valence-corrected chi connectivity index (χ3v) is 9.00. The molecule has 0 bridgehead atoms. The molecule has 4 unspecified atom stereocenters. The number of amides is 2. The van der Waals surface area contributed by atoms with Crippen molar-refractivity contribution in [2.75, 3.05) is 26.8 Å². The van der Waals surface area contributed by atoms with Gasteiger partial charge in [-0.3, -0.25) is 19.7 Å². The van der Waals surface area contributed by atoms with E-state index >= 15 is 0 Å². The number of aliphatic hydroxyl groups excluding tert-OH is 1. The molecule has 0 aromatic heterocycles. The van der Waals surface area contributed by atoms with Crippen LogP contribution in [0.2, 0.25) is 0 Å². The summed E-state index contributed by atoms with van der Waals surface area (Å²) >= 11 is 0. The molecule has 0 radical (unpaired) electrons. The number of ether oxygens (including phenoxy) is 3. The molecule has 3 aromatic rings. The van der Waals surface area contributed by atoms with Crippen molar-refractivity contribution in [2.45, 2.75) is 82.6 Å². The highest BCUT2D eigenvalue weighted by Gasteiger charge is 2.35. The number of hydroxylamine groups is 1. The SMILES string of the molecule is COCC1CCCN1CC1CC(c2ccc(CO)cc2)OC(c2cccc(-c3cccc(CNC(=O)CCCCC(=O)NO)c3)c2)O1. The molecule has 47 heavy (non-hydrogen) atoms. The molecule has 5 rings (SSSR count). The number of methoxy groups -OCH3 is 1. The Morgan fingerprint density at radius 3 is 2.40 bits per heavy atom. The summed E-state index contributed by atoms with van der Waals surface area (Å²) in [7, 11) is 1.76. The number of nitrogens with one attached hydrogen (secondary N) is 2. The number of unbranched alkanes of at least 4 members (excludes halogenated alkanes) is 1. The van der Waals surface area contributed by atoms with Crippen LogP contribution in [0.5, 0.6) is 0 Å². The van der Waals surface area contributed by atoms with Crippen LogP contribution in [-0.4, -0.2) is 66.0 Å². The number of benzene rings is 3. The van der Waals surface area contributed by atoms with Crippen LogP contribution < -0.4 is 10.8 Å². The van der Waals surface area contributed by atoms with Crippen LogP contribution in [0.1, 0.15) is 79.6 Å². The number of carbonyl (C=O) groups is 2. The first-order valence-corrected chi connectivity index (χ1v) is 16.6. The van der Waals surface area contributed by atoms with Gasteiger partial charge in [-0.1, -0.05) is 60.7 Å². The largest absolute Gasteiger partial charge is 0.392 e. The highest BCUT2D eigenvalue weighted by Crippen LogP contribution is 2.39. The minimum Gasteiger partial charge on any atom is -0.392 e. The molecular formula is C37H47N3O7.